The second kappa shape index (κ2) is 2.48. The SMILES string of the molecule is COc1c(F)cnc2cc[nH]c12. The lowest BCUT2D eigenvalue weighted by Crippen LogP contribution is -1.90. The molecule has 0 atom stereocenters. The van der Waals surface area contributed by atoms with Gasteiger partial charge < -0.3 is 9.72 Å². The molecule has 0 bridgehead atoms. The number of hydrogen-bond donors (Lipinski definition) is 1. The minimum Gasteiger partial charge on any atom is -0.491 e. The molecule has 0 spiro atoms. The first-order valence-corrected chi connectivity index (χ1v) is 3.48. The molecule has 1 N–H and O–H groups in total. The van der Waals surface area contributed by atoms with Gasteiger partial charge in [-0.15, -0.1) is 0 Å². The van der Waals surface area contributed by atoms with Gasteiger partial charge in [0.15, 0.2) is 11.6 Å². The Hall–Kier alpha value is -1.58. The highest BCUT2D eigenvalue weighted by molar-refractivity contribution is 5.81. The smallest absolute Gasteiger partial charge is 0.185 e. The number of pyridine rings is 1. The minimum absolute atomic E-state index is 0.213. The number of rotatable bonds is 1. The van der Waals surface area contributed by atoms with E-state index in [0.29, 0.717) is 11.0 Å². The summed E-state index contributed by atoms with van der Waals surface area (Å²) in [6.07, 6.45) is 2.84. The van der Waals surface area contributed by atoms with Crippen LogP contribution in [0.5, 0.6) is 5.75 Å². The second-order valence-electron chi connectivity index (χ2n) is 2.38. The van der Waals surface area contributed by atoms with Gasteiger partial charge in [0, 0.05) is 6.20 Å². The molecule has 0 saturated carbocycles. The summed E-state index contributed by atoms with van der Waals surface area (Å²) in [5, 5.41) is 0. The zero-order chi connectivity index (χ0) is 8.55. The van der Waals surface area contributed by atoms with Gasteiger partial charge in [0.25, 0.3) is 0 Å². The summed E-state index contributed by atoms with van der Waals surface area (Å²) in [7, 11) is 1.43. The molecule has 0 aliphatic rings. The molecule has 3 nitrogen and oxygen atoms in total. The Morgan fingerprint density at radius 1 is 1.58 bits per heavy atom. The molecule has 4 heteroatoms. The molecule has 2 rings (SSSR count). The normalized spacial score (nSPS) is 10.5. The van der Waals surface area contributed by atoms with Crippen molar-refractivity contribution < 1.29 is 9.13 Å². The number of methoxy groups -OCH3 is 1. The number of nitrogens with zero attached hydrogens (tertiary/aromatic N) is 1. The van der Waals surface area contributed by atoms with Crippen molar-refractivity contribution in [3.05, 3.63) is 24.3 Å². The largest absolute Gasteiger partial charge is 0.491 e. The maximum Gasteiger partial charge on any atom is 0.185 e. The lowest BCUT2D eigenvalue weighted by Gasteiger charge is -2.01. The number of hydrogen-bond acceptors (Lipinski definition) is 2. The van der Waals surface area contributed by atoms with E-state index in [4.69, 9.17) is 4.74 Å². The number of ether oxygens (including phenoxy) is 1. The predicted molar refractivity (Wildman–Crippen MR) is 42.6 cm³/mol. The Morgan fingerprint density at radius 3 is 3.17 bits per heavy atom. The van der Waals surface area contributed by atoms with Crippen LogP contribution in [0.1, 0.15) is 0 Å². The van der Waals surface area contributed by atoms with E-state index < -0.39 is 5.82 Å². The van der Waals surface area contributed by atoms with E-state index in [2.05, 4.69) is 9.97 Å². The first-order valence-electron chi connectivity index (χ1n) is 3.48. The summed E-state index contributed by atoms with van der Waals surface area (Å²) >= 11 is 0. The molecule has 0 radical (unpaired) electrons. The van der Waals surface area contributed by atoms with E-state index >= 15 is 0 Å². The van der Waals surface area contributed by atoms with Crippen LogP contribution in [0, 0.1) is 5.82 Å². The van der Waals surface area contributed by atoms with Crippen molar-refractivity contribution in [2.75, 3.05) is 7.11 Å². The van der Waals surface area contributed by atoms with Crippen LogP contribution in [0.2, 0.25) is 0 Å². The Kier molecular flexibility index (Phi) is 1.46. The molecular formula is C8H7FN2O. The highest BCUT2D eigenvalue weighted by atomic mass is 19.1. The van der Waals surface area contributed by atoms with Gasteiger partial charge in [-0.3, -0.25) is 4.98 Å². The highest BCUT2D eigenvalue weighted by Crippen LogP contribution is 2.24. The summed E-state index contributed by atoms with van der Waals surface area (Å²) in [5.41, 5.74) is 1.30. The van der Waals surface area contributed by atoms with E-state index in [1.54, 1.807) is 12.3 Å². The zero-order valence-electron chi connectivity index (χ0n) is 6.47. The van der Waals surface area contributed by atoms with Crippen LogP contribution >= 0.6 is 0 Å². The predicted octanol–water partition coefficient (Wildman–Crippen LogP) is 1.71. The van der Waals surface area contributed by atoms with Crippen LogP contribution in [0.25, 0.3) is 11.0 Å². The highest BCUT2D eigenvalue weighted by Gasteiger charge is 2.08. The number of fused-ring (bicyclic) bond motifs is 1. The van der Waals surface area contributed by atoms with Gasteiger partial charge in [0.2, 0.25) is 0 Å². The van der Waals surface area contributed by atoms with Gasteiger partial charge in [-0.1, -0.05) is 0 Å². The van der Waals surface area contributed by atoms with Crippen molar-refractivity contribution in [1.82, 2.24) is 9.97 Å². The van der Waals surface area contributed by atoms with Gasteiger partial charge in [-0.2, -0.15) is 0 Å². The number of halogens is 1. The van der Waals surface area contributed by atoms with Crippen LogP contribution in [0.3, 0.4) is 0 Å². The third-order valence-corrected chi connectivity index (χ3v) is 1.69. The molecular weight excluding hydrogens is 159 g/mol. The van der Waals surface area contributed by atoms with Crippen LogP contribution in [0.15, 0.2) is 18.5 Å². The number of aromatic amines is 1. The average Bonchev–Trinajstić information content (AvgIpc) is 2.52. The van der Waals surface area contributed by atoms with Crippen LogP contribution in [0.4, 0.5) is 4.39 Å². The van der Waals surface area contributed by atoms with E-state index in [1.807, 2.05) is 0 Å². The Bertz CT molecular complexity index is 410. The molecule has 0 aliphatic carbocycles. The van der Waals surface area contributed by atoms with Crippen LogP contribution < -0.4 is 4.74 Å². The molecule has 0 saturated heterocycles. The Morgan fingerprint density at radius 2 is 2.42 bits per heavy atom. The van der Waals surface area contributed by atoms with Crippen molar-refractivity contribution >= 4 is 11.0 Å². The molecule has 2 aromatic rings. The fourth-order valence-corrected chi connectivity index (χ4v) is 1.15. The molecule has 62 valence electrons. The van der Waals surface area contributed by atoms with Crippen molar-refractivity contribution in [2.24, 2.45) is 0 Å². The van der Waals surface area contributed by atoms with E-state index in [-0.39, 0.29) is 5.75 Å². The Labute approximate surface area is 68.2 Å². The molecule has 0 aliphatic heterocycles. The number of H-pyrrole nitrogens is 1. The maximum absolute atomic E-state index is 13.0. The summed E-state index contributed by atoms with van der Waals surface area (Å²) < 4.78 is 17.9. The average molecular weight is 166 g/mol. The molecule has 12 heavy (non-hydrogen) atoms. The fraction of sp³-hybridized carbons (Fsp3) is 0.125. The maximum atomic E-state index is 13.0. The summed E-state index contributed by atoms with van der Waals surface area (Å²) in [6, 6.07) is 1.76. The van der Waals surface area contributed by atoms with Crippen molar-refractivity contribution in [3.63, 3.8) is 0 Å². The van der Waals surface area contributed by atoms with E-state index in [0.717, 1.165) is 6.20 Å². The van der Waals surface area contributed by atoms with Gasteiger partial charge in [0.05, 0.1) is 18.8 Å². The summed E-state index contributed by atoms with van der Waals surface area (Å²) in [4.78, 5) is 6.72. The minimum atomic E-state index is -0.451. The number of nitrogens with one attached hydrogen (secondary N) is 1. The summed E-state index contributed by atoms with van der Waals surface area (Å²) in [6.45, 7) is 0. The molecule has 0 fully saturated rings. The van der Waals surface area contributed by atoms with Gasteiger partial charge in [-0.25, -0.2) is 4.39 Å². The standard InChI is InChI=1S/C8H7FN2O/c1-12-8-5(9)4-11-6-2-3-10-7(6)8/h2-4,10H,1H3. The second-order valence-corrected chi connectivity index (χ2v) is 2.38. The third-order valence-electron chi connectivity index (χ3n) is 1.69. The summed E-state index contributed by atoms with van der Waals surface area (Å²) in [5.74, 6) is -0.238. The molecule has 0 unspecified atom stereocenters. The first-order chi connectivity index (χ1) is 5.83. The van der Waals surface area contributed by atoms with Crippen LogP contribution in [-0.4, -0.2) is 17.1 Å². The Balaban J connectivity index is 2.83. The lowest BCUT2D eigenvalue weighted by atomic mass is 10.3. The van der Waals surface area contributed by atoms with Crippen molar-refractivity contribution in [2.45, 2.75) is 0 Å². The third kappa shape index (κ3) is 0.845. The van der Waals surface area contributed by atoms with Gasteiger partial charge in [-0.05, 0) is 6.07 Å². The van der Waals surface area contributed by atoms with Crippen LogP contribution in [-0.2, 0) is 0 Å². The monoisotopic (exact) mass is 166 g/mol. The molecule has 0 amide bonds. The van der Waals surface area contributed by atoms with Gasteiger partial charge in [0.1, 0.15) is 5.52 Å². The molecule has 2 heterocycles. The number of aromatic nitrogens is 2. The lowest BCUT2D eigenvalue weighted by molar-refractivity contribution is 0.390. The first kappa shape index (κ1) is 7.09. The van der Waals surface area contributed by atoms with Crippen molar-refractivity contribution in [3.8, 4) is 5.75 Å². The van der Waals surface area contributed by atoms with Crippen molar-refractivity contribution in [1.29, 1.82) is 0 Å². The molecule has 2 aromatic heterocycles. The molecule has 0 aromatic carbocycles. The van der Waals surface area contributed by atoms with E-state index in [9.17, 15) is 4.39 Å². The fourth-order valence-electron chi connectivity index (χ4n) is 1.15. The quantitative estimate of drug-likeness (QED) is 0.700. The topological polar surface area (TPSA) is 37.9 Å². The zero-order valence-corrected chi connectivity index (χ0v) is 6.47. The van der Waals surface area contributed by atoms with Gasteiger partial charge >= 0.3 is 0 Å². The van der Waals surface area contributed by atoms with E-state index in [1.165, 1.54) is 7.11 Å².